The van der Waals surface area contributed by atoms with Crippen LogP contribution in [-0.4, -0.2) is 5.78 Å². The minimum absolute atomic E-state index is 0.193. The molecule has 16 heavy (non-hydrogen) atoms. The predicted octanol–water partition coefficient (Wildman–Crippen LogP) is 3.38. The Morgan fingerprint density at radius 3 is 2.38 bits per heavy atom. The number of Topliss-reactive ketones (excluding diaryl/α,β-unsaturated/α-hetero) is 1. The van der Waals surface area contributed by atoms with Gasteiger partial charge in [-0.25, -0.2) is 0 Å². The molecule has 0 heterocycles. The van der Waals surface area contributed by atoms with Crippen LogP contribution in [0, 0.1) is 14.9 Å². The van der Waals surface area contributed by atoms with E-state index < -0.39 is 23.1 Å². The van der Waals surface area contributed by atoms with Gasteiger partial charge in [-0.15, -0.1) is 0 Å². The summed E-state index contributed by atoms with van der Waals surface area (Å²) in [5, 5.41) is 8.70. The van der Waals surface area contributed by atoms with E-state index in [2.05, 4.69) is 0 Å². The highest BCUT2D eigenvalue weighted by Gasteiger charge is 2.35. The molecule has 0 fully saturated rings. The number of ketones is 1. The summed E-state index contributed by atoms with van der Waals surface area (Å²) in [6.07, 6.45) is -4.63. The molecule has 0 atom stereocenters. The van der Waals surface area contributed by atoms with E-state index in [1.807, 2.05) is 0 Å². The molecule has 0 aliphatic heterocycles. The van der Waals surface area contributed by atoms with E-state index in [1.165, 1.54) is 12.1 Å². The lowest BCUT2D eigenvalue weighted by molar-refractivity contribution is -0.137. The molecule has 2 nitrogen and oxygen atoms in total. The molecule has 0 saturated carbocycles. The molecule has 0 aliphatic carbocycles. The SMILES string of the molecule is CC(=O)c1cc(I)cc(C(F)(F)F)c1C#N. The van der Waals surface area contributed by atoms with Crippen molar-refractivity contribution in [1.29, 1.82) is 5.26 Å². The van der Waals surface area contributed by atoms with Crippen molar-refractivity contribution in [1.82, 2.24) is 0 Å². The van der Waals surface area contributed by atoms with Gasteiger partial charge in [-0.3, -0.25) is 4.79 Å². The third-order valence-corrected chi connectivity index (χ3v) is 2.52. The Balaban J connectivity index is 3.63. The standard InChI is InChI=1S/C10H5F3INO/c1-5(16)7-2-6(14)3-9(8(7)4-15)10(11,12)13/h2-3H,1H3. The van der Waals surface area contributed by atoms with Crippen molar-refractivity contribution in [2.45, 2.75) is 13.1 Å². The van der Waals surface area contributed by atoms with E-state index in [-0.39, 0.29) is 9.13 Å². The maximum Gasteiger partial charge on any atom is 0.417 e. The van der Waals surface area contributed by atoms with Crippen LogP contribution in [0.5, 0.6) is 0 Å². The van der Waals surface area contributed by atoms with Crippen LogP contribution in [0.1, 0.15) is 28.4 Å². The minimum Gasteiger partial charge on any atom is -0.294 e. The van der Waals surface area contributed by atoms with Gasteiger partial charge in [0.05, 0.1) is 11.1 Å². The summed E-state index contributed by atoms with van der Waals surface area (Å²) in [6, 6.07) is 3.56. The first-order valence-corrected chi connectivity index (χ1v) is 5.17. The molecule has 0 aliphatic rings. The smallest absolute Gasteiger partial charge is 0.294 e. The van der Waals surface area contributed by atoms with Gasteiger partial charge in [0, 0.05) is 9.13 Å². The summed E-state index contributed by atoms with van der Waals surface area (Å²) in [5.41, 5.74) is -1.87. The second kappa shape index (κ2) is 4.41. The Morgan fingerprint density at radius 2 is 2.00 bits per heavy atom. The molecular weight excluding hydrogens is 334 g/mol. The number of rotatable bonds is 1. The minimum atomic E-state index is -4.63. The Labute approximate surface area is 103 Å². The van der Waals surface area contributed by atoms with E-state index in [9.17, 15) is 18.0 Å². The van der Waals surface area contributed by atoms with Crippen molar-refractivity contribution in [3.8, 4) is 6.07 Å². The molecule has 0 saturated heterocycles. The number of hydrogen-bond donors (Lipinski definition) is 0. The van der Waals surface area contributed by atoms with Crippen molar-refractivity contribution in [2.75, 3.05) is 0 Å². The third kappa shape index (κ3) is 2.52. The quantitative estimate of drug-likeness (QED) is 0.581. The van der Waals surface area contributed by atoms with E-state index >= 15 is 0 Å². The molecule has 0 aromatic heterocycles. The van der Waals surface area contributed by atoms with Crippen LogP contribution >= 0.6 is 22.6 Å². The largest absolute Gasteiger partial charge is 0.417 e. The number of nitriles is 1. The van der Waals surface area contributed by atoms with Gasteiger partial charge in [0.15, 0.2) is 5.78 Å². The van der Waals surface area contributed by atoms with Gasteiger partial charge < -0.3 is 0 Å². The Bertz CT molecular complexity index is 488. The fraction of sp³-hybridized carbons (Fsp3) is 0.200. The van der Waals surface area contributed by atoms with Crippen molar-refractivity contribution in [3.63, 3.8) is 0 Å². The van der Waals surface area contributed by atoms with Gasteiger partial charge in [0.1, 0.15) is 6.07 Å². The second-order valence-corrected chi connectivity index (χ2v) is 4.29. The monoisotopic (exact) mass is 339 g/mol. The fourth-order valence-electron chi connectivity index (χ4n) is 1.23. The van der Waals surface area contributed by atoms with E-state index in [1.54, 1.807) is 22.6 Å². The number of benzene rings is 1. The first-order chi connectivity index (χ1) is 7.27. The van der Waals surface area contributed by atoms with Gasteiger partial charge >= 0.3 is 6.18 Å². The molecule has 0 amide bonds. The summed E-state index contributed by atoms with van der Waals surface area (Å²) >= 11 is 1.68. The maximum atomic E-state index is 12.6. The van der Waals surface area contributed by atoms with Crippen molar-refractivity contribution < 1.29 is 18.0 Å². The highest BCUT2D eigenvalue weighted by Crippen LogP contribution is 2.34. The van der Waals surface area contributed by atoms with E-state index in [4.69, 9.17) is 5.26 Å². The van der Waals surface area contributed by atoms with Crippen LogP contribution in [0.2, 0.25) is 0 Å². The summed E-state index contributed by atoms with van der Waals surface area (Å²) in [4.78, 5) is 11.1. The number of carbonyl (C=O) groups is 1. The molecule has 6 heteroatoms. The van der Waals surface area contributed by atoms with Crippen LogP contribution in [0.3, 0.4) is 0 Å². The van der Waals surface area contributed by atoms with Crippen LogP contribution in [-0.2, 0) is 6.18 Å². The van der Waals surface area contributed by atoms with Gasteiger partial charge in [0.25, 0.3) is 0 Å². The van der Waals surface area contributed by atoms with Crippen LogP contribution in [0.25, 0.3) is 0 Å². The van der Waals surface area contributed by atoms with E-state index in [0.29, 0.717) is 0 Å². The van der Waals surface area contributed by atoms with Gasteiger partial charge in [-0.05, 0) is 41.6 Å². The lowest BCUT2D eigenvalue weighted by Gasteiger charge is -2.11. The lowest BCUT2D eigenvalue weighted by atomic mass is 9.99. The molecule has 0 N–H and O–H groups in total. The van der Waals surface area contributed by atoms with Gasteiger partial charge in [-0.1, -0.05) is 0 Å². The molecule has 0 radical (unpaired) electrons. The zero-order chi connectivity index (χ0) is 12.5. The number of alkyl halides is 3. The second-order valence-electron chi connectivity index (χ2n) is 3.04. The van der Waals surface area contributed by atoms with Gasteiger partial charge in [-0.2, -0.15) is 18.4 Å². The molecule has 0 bridgehead atoms. The zero-order valence-electron chi connectivity index (χ0n) is 8.02. The normalized spacial score (nSPS) is 11.0. The molecule has 1 rings (SSSR count). The highest BCUT2D eigenvalue weighted by atomic mass is 127. The highest BCUT2D eigenvalue weighted by molar-refractivity contribution is 14.1. The summed E-state index contributed by atoms with van der Waals surface area (Å²) in [6.45, 7) is 1.13. The fourth-order valence-corrected chi connectivity index (χ4v) is 1.85. The van der Waals surface area contributed by atoms with Crippen LogP contribution < -0.4 is 0 Å². The zero-order valence-corrected chi connectivity index (χ0v) is 10.2. The average Bonchev–Trinajstić information content (AvgIpc) is 2.14. The topological polar surface area (TPSA) is 40.9 Å². The number of hydrogen-bond acceptors (Lipinski definition) is 2. The van der Waals surface area contributed by atoms with Gasteiger partial charge in [0.2, 0.25) is 0 Å². The van der Waals surface area contributed by atoms with Crippen LogP contribution in [0.15, 0.2) is 12.1 Å². The Kier molecular flexibility index (Phi) is 3.57. The molecule has 1 aromatic carbocycles. The van der Waals surface area contributed by atoms with Crippen molar-refractivity contribution in [3.05, 3.63) is 32.4 Å². The summed E-state index contributed by atoms with van der Waals surface area (Å²) in [7, 11) is 0. The summed E-state index contributed by atoms with van der Waals surface area (Å²) in [5.74, 6) is -0.555. The molecular formula is C10H5F3INO. The third-order valence-electron chi connectivity index (χ3n) is 1.90. The first-order valence-electron chi connectivity index (χ1n) is 4.09. The van der Waals surface area contributed by atoms with Crippen LogP contribution in [0.4, 0.5) is 13.2 Å². The molecule has 84 valence electrons. The van der Waals surface area contributed by atoms with Crippen molar-refractivity contribution in [2.24, 2.45) is 0 Å². The number of carbonyl (C=O) groups excluding carboxylic acids is 1. The molecule has 0 unspecified atom stereocenters. The summed E-state index contributed by atoms with van der Waals surface area (Å²) < 4.78 is 38.1. The lowest BCUT2D eigenvalue weighted by Crippen LogP contribution is -2.12. The first kappa shape index (κ1) is 13.0. The Hall–Kier alpha value is -1.10. The Morgan fingerprint density at radius 1 is 1.44 bits per heavy atom. The number of halogens is 4. The maximum absolute atomic E-state index is 12.6. The average molecular weight is 339 g/mol. The molecule has 1 aromatic rings. The van der Waals surface area contributed by atoms with E-state index in [0.717, 1.165) is 13.0 Å². The molecule has 0 spiro atoms. The van der Waals surface area contributed by atoms with Crippen molar-refractivity contribution >= 4 is 28.4 Å². The number of nitrogens with zero attached hydrogens (tertiary/aromatic N) is 1. The predicted molar refractivity (Wildman–Crippen MR) is 58.9 cm³/mol.